The third-order valence-corrected chi connectivity index (χ3v) is 12.6. The lowest BCUT2D eigenvalue weighted by atomic mass is 9.46. The average Bonchev–Trinajstić information content (AvgIpc) is 2.76. The van der Waals surface area contributed by atoms with Crippen molar-refractivity contribution < 1.29 is 15.3 Å². The first-order valence-corrected chi connectivity index (χ1v) is 14.9. The van der Waals surface area contributed by atoms with Crippen molar-refractivity contribution in [3.05, 3.63) is 28.8 Å². The van der Waals surface area contributed by atoms with E-state index in [1.54, 1.807) is 0 Å². The molecule has 4 nitrogen and oxygen atoms in total. The molecular weight excluding hydrogens is 434 g/mol. The number of aromatic hydroxyl groups is 1. The predicted molar refractivity (Wildman–Crippen MR) is 135 cm³/mol. The molecule has 6 bridgehead atoms. The minimum atomic E-state index is -0.848. The number of hydrogen-bond acceptors (Lipinski definition) is 4. The largest absolute Gasteiger partial charge is 0.507 e. The molecule has 1 aliphatic heterocycles. The maximum absolute atomic E-state index is 12.6. The Hall–Kier alpha value is -1.10. The van der Waals surface area contributed by atoms with Gasteiger partial charge in [-0.2, -0.15) is 0 Å². The Morgan fingerprint density at radius 2 is 1.63 bits per heavy atom. The van der Waals surface area contributed by atoms with E-state index >= 15 is 0 Å². The summed E-state index contributed by atoms with van der Waals surface area (Å²) in [6, 6.07) is 4.75. The highest BCUT2D eigenvalue weighted by molar-refractivity contribution is 5.58. The van der Waals surface area contributed by atoms with E-state index < -0.39 is 11.0 Å². The molecule has 1 aromatic rings. The molecule has 190 valence electrons. The van der Waals surface area contributed by atoms with Gasteiger partial charge in [0.1, 0.15) is 5.75 Å². The lowest BCUT2D eigenvalue weighted by Gasteiger charge is -2.65. The fraction of sp³-hybridized carbons (Fsp3) is 0.806. The predicted octanol–water partition coefficient (Wildman–Crippen LogP) is 4.80. The van der Waals surface area contributed by atoms with E-state index in [0.717, 1.165) is 55.2 Å². The Morgan fingerprint density at radius 3 is 2.29 bits per heavy atom. The molecular formula is C31H43NO3. The second-order valence-corrected chi connectivity index (χ2v) is 14.4. The Balaban J connectivity index is 1.25. The zero-order valence-corrected chi connectivity index (χ0v) is 21.2. The van der Waals surface area contributed by atoms with Crippen molar-refractivity contribution in [2.24, 2.45) is 23.7 Å². The number of nitrogens with zero attached hydrogens (tertiary/aromatic N) is 1. The molecule has 0 amide bonds. The van der Waals surface area contributed by atoms with Gasteiger partial charge in [-0.3, -0.25) is 4.90 Å². The number of likely N-dealkylation sites (tertiary alicyclic amines) is 1. The Morgan fingerprint density at radius 1 is 0.914 bits per heavy atom. The summed E-state index contributed by atoms with van der Waals surface area (Å²) in [5.41, 5.74) is 2.27. The molecule has 0 aromatic heterocycles. The molecule has 6 saturated carbocycles. The van der Waals surface area contributed by atoms with Crippen LogP contribution in [0.4, 0.5) is 0 Å². The molecule has 0 unspecified atom stereocenters. The standard InChI is InChI=1S/C31H43NO3/c33-24-6-7-31(35)26-13-23-4-5-25(29-14-20-10-21(15-29)12-22(11-20)16-29)28(34)27(23)30(31,17-24)8-9-32(26)18-19-2-1-3-19/h4-5,19-22,24,26,33-35H,1-3,6-18H2/t20?,21?,22?,24-,26+,29?,30+,31+/m0/s1. The smallest absolute Gasteiger partial charge is 0.123 e. The number of hydrogen-bond donors (Lipinski definition) is 3. The minimum Gasteiger partial charge on any atom is -0.507 e. The normalized spacial score (nSPS) is 48.3. The van der Waals surface area contributed by atoms with Crippen molar-refractivity contribution in [1.29, 1.82) is 0 Å². The van der Waals surface area contributed by atoms with Gasteiger partial charge in [0.25, 0.3) is 0 Å². The SMILES string of the molecule is Oc1c(C23CC4CC(CC(C4)C2)C3)ccc2c1[C@]13CCN(CC4CCC4)[C@H](C2)[C@]1(O)CC[C@H](O)C3. The highest BCUT2D eigenvalue weighted by atomic mass is 16.3. The summed E-state index contributed by atoms with van der Waals surface area (Å²) in [6.45, 7) is 2.09. The van der Waals surface area contributed by atoms with E-state index in [0.29, 0.717) is 25.0 Å². The fourth-order valence-electron chi connectivity index (χ4n) is 11.3. The molecule has 1 saturated heterocycles. The van der Waals surface area contributed by atoms with E-state index in [1.165, 1.54) is 68.9 Å². The van der Waals surface area contributed by atoms with Crippen LogP contribution >= 0.6 is 0 Å². The molecule has 0 radical (unpaired) electrons. The summed E-state index contributed by atoms with van der Waals surface area (Å²) in [6.07, 6.45) is 15.2. The van der Waals surface area contributed by atoms with Crippen LogP contribution in [0, 0.1) is 23.7 Å². The number of aliphatic hydroxyl groups is 2. The van der Waals surface area contributed by atoms with Gasteiger partial charge in [0.2, 0.25) is 0 Å². The monoisotopic (exact) mass is 477 g/mol. The van der Waals surface area contributed by atoms with E-state index in [9.17, 15) is 15.3 Å². The first-order valence-electron chi connectivity index (χ1n) is 14.9. The number of aliphatic hydroxyl groups excluding tert-OH is 1. The van der Waals surface area contributed by atoms with Crippen LogP contribution < -0.4 is 0 Å². The van der Waals surface area contributed by atoms with Crippen molar-refractivity contribution in [3.8, 4) is 5.75 Å². The van der Waals surface area contributed by atoms with Crippen LogP contribution in [0.1, 0.15) is 100 Å². The fourth-order valence-corrected chi connectivity index (χ4v) is 11.3. The van der Waals surface area contributed by atoms with Crippen molar-refractivity contribution in [3.63, 3.8) is 0 Å². The van der Waals surface area contributed by atoms with E-state index in [2.05, 4.69) is 17.0 Å². The summed E-state index contributed by atoms with van der Waals surface area (Å²) in [7, 11) is 0. The second-order valence-electron chi connectivity index (χ2n) is 14.4. The molecule has 0 spiro atoms. The zero-order chi connectivity index (χ0) is 23.6. The van der Waals surface area contributed by atoms with E-state index in [4.69, 9.17) is 0 Å². The van der Waals surface area contributed by atoms with E-state index in [-0.39, 0.29) is 17.6 Å². The van der Waals surface area contributed by atoms with Crippen LogP contribution in [0.5, 0.6) is 5.75 Å². The van der Waals surface area contributed by atoms with Gasteiger partial charge in [0, 0.05) is 29.1 Å². The van der Waals surface area contributed by atoms with Gasteiger partial charge in [0.15, 0.2) is 0 Å². The summed E-state index contributed by atoms with van der Waals surface area (Å²) in [4.78, 5) is 2.60. The highest BCUT2D eigenvalue weighted by Gasteiger charge is 2.66. The van der Waals surface area contributed by atoms with Gasteiger partial charge < -0.3 is 15.3 Å². The Kier molecular flexibility index (Phi) is 4.55. The molecule has 4 heteroatoms. The van der Waals surface area contributed by atoms with Gasteiger partial charge in [-0.25, -0.2) is 0 Å². The van der Waals surface area contributed by atoms with Gasteiger partial charge in [0.05, 0.1) is 11.7 Å². The van der Waals surface area contributed by atoms with Gasteiger partial charge in [-0.05, 0) is 125 Å². The average molecular weight is 478 g/mol. The minimum absolute atomic E-state index is 0.113. The number of benzene rings is 1. The molecule has 1 heterocycles. The Bertz CT molecular complexity index is 1010. The molecule has 9 rings (SSSR count). The first kappa shape index (κ1) is 21.9. The highest BCUT2D eigenvalue weighted by Crippen LogP contribution is 2.65. The van der Waals surface area contributed by atoms with Crippen LogP contribution in [0.15, 0.2) is 12.1 Å². The molecule has 7 fully saturated rings. The first-order chi connectivity index (χ1) is 16.9. The van der Waals surface area contributed by atoms with Crippen molar-refractivity contribution in [2.75, 3.05) is 13.1 Å². The molecule has 1 aromatic carbocycles. The van der Waals surface area contributed by atoms with Crippen molar-refractivity contribution >= 4 is 0 Å². The Labute approximate surface area is 210 Å². The van der Waals surface area contributed by atoms with Crippen LogP contribution in [0.3, 0.4) is 0 Å². The van der Waals surface area contributed by atoms with Crippen LogP contribution in [0.2, 0.25) is 0 Å². The molecule has 35 heavy (non-hydrogen) atoms. The lowest BCUT2D eigenvalue weighted by molar-refractivity contribution is -0.185. The third kappa shape index (κ3) is 2.85. The number of rotatable bonds is 3. The number of phenolic OH excluding ortho intramolecular Hbond substituents is 1. The molecule has 7 aliphatic carbocycles. The zero-order valence-electron chi connectivity index (χ0n) is 21.2. The maximum Gasteiger partial charge on any atom is 0.123 e. The van der Waals surface area contributed by atoms with Gasteiger partial charge >= 0.3 is 0 Å². The number of piperidine rings is 1. The topological polar surface area (TPSA) is 63.9 Å². The molecule has 4 atom stereocenters. The van der Waals surface area contributed by atoms with Gasteiger partial charge in [-0.15, -0.1) is 0 Å². The van der Waals surface area contributed by atoms with Gasteiger partial charge in [-0.1, -0.05) is 18.6 Å². The van der Waals surface area contributed by atoms with Crippen LogP contribution in [0.25, 0.3) is 0 Å². The lowest BCUT2D eigenvalue weighted by Crippen LogP contribution is -2.73. The molecule has 3 N–H and O–H groups in total. The number of fused-ring (bicyclic) bond motifs is 1. The maximum atomic E-state index is 12.6. The summed E-state index contributed by atoms with van der Waals surface area (Å²) >= 11 is 0. The second kappa shape index (κ2) is 7.26. The van der Waals surface area contributed by atoms with Crippen LogP contribution in [-0.2, 0) is 17.3 Å². The van der Waals surface area contributed by atoms with Crippen LogP contribution in [-0.4, -0.2) is 51.1 Å². The third-order valence-electron chi connectivity index (χ3n) is 12.6. The van der Waals surface area contributed by atoms with Crippen molar-refractivity contribution in [2.45, 2.75) is 118 Å². The number of phenols is 1. The van der Waals surface area contributed by atoms with Crippen molar-refractivity contribution in [1.82, 2.24) is 4.90 Å². The summed E-state index contributed by atoms with van der Waals surface area (Å²) in [5, 5.41) is 35.7. The molecule has 8 aliphatic rings. The summed E-state index contributed by atoms with van der Waals surface area (Å²) in [5.74, 6) is 3.81. The van der Waals surface area contributed by atoms with E-state index in [1.807, 2.05) is 0 Å². The quantitative estimate of drug-likeness (QED) is 0.585. The summed E-state index contributed by atoms with van der Waals surface area (Å²) < 4.78 is 0.